The van der Waals surface area contributed by atoms with E-state index in [1.165, 1.54) is 42.5 Å². The van der Waals surface area contributed by atoms with Crippen molar-refractivity contribution in [2.75, 3.05) is 11.9 Å². The third-order valence-corrected chi connectivity index (χ3v) is 4.75. The Morgan fingerprint density at radius 2 is 1.72 bits per heavy atom. The highest BCUT2D eigenvalue weighted by Gasteiger charge is 2.12. The highest BCUT2D eigenvalue weighted by molar-refractivity contribution is 7.89. The molecule has 2 rings (SSSR count). The molecule has 0 aliphatic carbocycles. The van der Waals surface area contributed by atoms with Gasteiger partial charge in [-0.2, -0.15) is 0 Å². The van der Waals surface area contributed by atoms with Crippen molar-refractivity contribution in [3.63, 3.8) is 0 Å². The molecule has 132 valence electrons. The highest BCUT2D eigenvalue weighted by Crippen LogP contribution is 2.14. The fourth-order valence-electron chi connectivity index (χ4n) is 1.97. The van der Waals surface area contributed by atoms with Gasteiger partial charge >= 0.3 is 0 Å². The summed E-state index contributed by atoms with van der Waals surface area (Å²) in [5, 5.41) is 2.63. The second kappa shape index (κ2) is 8.55. The van der Waals surface area contributed by atoms with Gasteiger partial charge in [0.15, 0.2) is 0 Å². The molecule has 0 bridgehead atoms. The summed E-state index contributed by atoms with van der Waals surface area (Å²) in [5.74, 6) is -0.714. The average Bonchev–Trinajstić information content (AvgIpc) is 2.60. The summed E-state index contributed by atoms with van der Waals surface area (Å²) < 4.78 is 39.2. The summed E-state index contributed by atoms with van der Waals surface area (Å²) in [6.45, 7) is 2.25. The van der Waals surface area contributed by atoms with Gasteiger partial charge in [-0.15, -0.1) is 0 Å². The molecule has 0 fully saturated rings. The molecule has 2 aromatic carbocycles. The molecule has 2 aromatic rings. The highest BCUT2D eigenvalue weighted by atomic mass is 32.2. The van der Waals surface area contributed by atoms with E-state index in [4.69, 9.17) is 0 Å². The van der Waals surface area contributed by atoms with Gasteiger partial charge in [0.1, 0.15) is 5.82 Å². The van der Waals surface area contributed by atoms with Gasteiger partial charge in [-0.1, -0.05) is 19.1 Å². The molecule has 2 N–H and O–H groups in total. The van der Waals surface area contributed by atoms with Gasteiger partial charge in [-0.05, 0) is 54.5 Å². The number of anilines is 1. The van der Waals surface area contributed by atoms with Gasteiger partial charge in [0.25, 0.3) is 0 Å². The van der Waals surface area contributed by atoms with Crippen LogP contribution in [0.5, 0.6) is 0 Å². The number of nitrogens with one attached hydrogen (secondary N) is 2. The molecule has 25 heavy (non-hydrogen) atoms. The smallest absolute Gasteiger partial charge is 0.248 e. The zero-order valence-corrected chi connectivity index (χ0v) is 14.5. The Morgan fingerprint density at radius 3 is 2.32 bits per heavy atom. The number of carbonyl (C=O) groups excluding carboxylic acids is 1. The first kappa shape index (κ1) is 18.8. The second-order valence-corrected chi connectivity index (χ2v) is 7.06. The van der Waals surface area contributed by atoms with Crippen molar-refractivity contribution in [3.8, 4) is 0 Å². The largest absolute Gasteiger partial charge is 0.323 e. The molecule has 0 radical (unpaired) electrons. The molecule has 1 amide bonds. The molecule has 0 unspecified atom stereocenters. The van der Waals surface area contributed by atoms with E-state index in [0.29, 0.717) is 24.2 Å². The fraction of sp³-hybridized carbons (Fsp3) is 0.167. The van der Waals surface area contributed by atoms with Crippen molar-refractivity contribution in [3.05, 3.63) is 66.0 Å². The van der Waals surface area contributed by atoms with Crippen molar-refractivity contribution in [2.45, 2.75) is 18.2 Å². The van der Waals surface area contributed by atoms with Gasteiger partial charge in [-0.3, -0.25) is 4.79 Å². The first-order valence-corrected chi connectivity index (χ1v) is 9.23. The lowest BCUT2D eigenvalue weighted by atomic mass is 10.2. The molecule has 0 aliphatic heterocycles. The summed E-state index contributed by atoms with van der Waals surface area (Å²) >= 11 is 0. The zero-order valence-electron chi connectivity index (χ0n) is 13.7. The van der Waals surface area contributed by atoms with Crippen LogP contribution in [0.3, 0.4) is 0 Å². The third kappa shape index (κ3) is 5.81. The quantitative estimate of drug-likeness (QED) is 0.743. The zero-order chi connectivity index (χ0) is 18.3. The Labute approximate surface area is 146 Å². The maximum absolute atomic E-state index is 12.8. The molecular formula is C18H19FN2O3S. The molecule has 0 aliphatic rings. The van der Waals surface area contributed by atoms with Gasteiger partial charge in [0.05, 0.1) is 4.90 Å². The number of hydrogen-bond acceptors (Lipinski definition) is 3. The van der Waals surface area contributed by atoms with Crippen LogP contribution in [0.1, 0.15) is 18.9 Å². The van der Waals surface area contributed by atoms with Gasteiger partial charge in [0.2, 0.25) is 15.9 Å². The normalized spacial score (nSPS) is 11.6. The standard InChI is InChI=1S/C18H19FN2O3S/c1-2-13-20-25(23,24)17-10-8-16(9-11-17)21-18(22)12-5-14-3-6-15(19)7-4-14/h3-12,20H,2,13H2,1H3,(H,21,22). The average molecular weight is 362 g/mol. The Bertz CT molecular complexity index is 845. The lowest BCUT2D eigenvalue weighted by Gasteiger charge is -2.07. The van der Waals surface area contributed by atoms with Crippen LogP contribution in [0.25, 0.3) is 6.08 Å². The van der Waals surface area contributed by atoms with Crippen LogP contribution < -0.4 is 10.0 Å². The Morgan fingerprint density at radius 1 is 1.08 bits per heavy atom. The van der Waals surface area contributed by atoms with E-state index in [-0.39, 0.29) is 16.6 Å². The molecule has 0 aromatic heterocycles. The number of amides is 1. The van der Waals surface area contributed by atoms with Gasteiger partial charge < -0.3 is 5.32 Å². The minimum atomic E-state index is -3.52. The van der Waals surface area contributed by atoms with E-state index in [9.17, 15) is 17.6 Å². The van der Waals surface area contributed by atoms with Crippen molar-refractivity contribution >= 4 is 27.7 Å². The number of rotatable bonds is 7. The van der Waals surface area contributed by atoms with E-state index < -0.39 is 10.0 Å². The Balaban J connectivity index is 1.98. The monoisotopic (exact) mass is 362 g/mol. The van der Waals surface area contributed by atoms with Crippen LogP contribution in [0.15, 0.2) is 59.5 Å². The number of benzene rings is 2. The molecule has 7 heteroatoms. The number of halogens is 1. The van der Waals surface area contributed by atoms with Gasteiger partial charge in [-0.25, -0.2) is 17.5 Å². The first-order valence-electron chi connectivity index (χ1n) is 7.75. The van der Waals surface area contributed by atoms with Crippen LogP contribution in [-0.2, 0) is 14.8 Å². The number of hydrogen-bond donors (Lipinski definition) is 2. The predicted octanol–water partition coefficient (Wildman–Crippen LogP) is 3.17. The van der Waals surface area contributed by atoms with E-state index in [0.717, 1.165) is 0 Å². The topological polar surface area (TPSA) is 75.3 Å². The summed E-state index contributed by atoms with van der Waals surface area (Å²) in [7, 11) is -3.52. The number of sulfonamides is 1. The van der Waals surface area contributed by atoms with Crippen molar-refractivity contribution in [2.24, 2.45) is 0 Å². The van der Waals surface area contributed by atoms with Gasteiger partial charge in [0, 0.05) is 18.3 Å². The van der Waals surface area contributed by atoms with Crippen molar-refractivity contribution in [1.29, 1.82) is 0 Å². The molecule has 5 nitrogen and oxygen atoms in total. The van der Waals surface area contributed by atoms with Crippen LogP contribution in [0.4, 0.5) is 10.1 Å². The minimum absolute atomic E-state index is 0.140. The SMILES string of the molecule is CCCNS(=O)(=O)c1ccc(NC(=O)C=Cc2ccc(F)cc2)cc1. The molecule has 0 saturated carbocycles. The maximum Gasteiger partial charge on any atom is 0.248 e. The summed E-state index contributed by atoms with van der Waals surface area (Å²) in [4.78, 5) is 12.0. The second-order valence-electron chi connectivity index (χ2n) is 5.30. The third-order valence-electron chi connectivity index (χ3n) is 3.27. The van der Waals surface area contributed by atoms with E-state index in [1.54, 1.807) is 18.2 Å². The summed E-state index contributed by atoms with van der Waals surface area (Å²) in [6, 6.07) is 11.6. The van der Waals surface area contributed by atoms with Crippen molar-refractivity contribution < 1.29 is 17.6 Å². The Hall–Kier alpha value is -2.51. The molecule has 0 heterocycles. The first-order chi connectivity index (χ1) is 11.9. The van der Waals surface area contributed by atoms with E-state index in [2.05, 4.69) is 10.0 Å². The minimum Gasteiger partial charge on any atom is -0.323 e. The fourth-order valence-corrected chi connectivity index (χ4v) is 3.10. The lowest BCUT2D eigenvalue weighted by Crippen LogP contribution is -2.24. The van der Waals surface area contributed by atoms with Crippen LogP contribution >= 0.6 is 0 Å². The summed E-state index contributed by atoms with van der Waals surface area (Å²) in [6.07, 6.45) is 3.58. The molecule has 0 saturated heterocycles. The number of carbonyl (C=O) groups is 1. The van der Waals surface area contributed by atoms with Crippen molar-refractivity contribution in [1.82, 2.24) is 4.72 Å². The molecule has 0 atom stereocenters. The van der Waals surface area contributed by atoms with Crippen LogP contribution in [-0.4, -0.2) is 20.9 Å². The molecule has 0 spiro atoms. The van der Waals surface area contributed by atoms with E-state index in [1.807, 2.05) is 6.92 Å². The Kier molecular flexibility index (Phi) is 6.44. The van der Waals surface area contributed by atoms with E-state index >= 15 is 0 Å². The summed E-state index contributed by atoms with van der Waals surface area (Å²) in [5.41, 5.74) is 1.17. The maximum atomic E-state index is 12.8. The lowest BCUT2D eigenvalue weighted by molar-refractivity contribution is -0.111. The molecular weight excluding hydrogens is 343 g/mol. The predicted molar refractivity (Wildman–Crippen MR) is 96.0 cm³/mol. The van der Waals surface area contributed by atoms with Crippen LogP contribution in [0, 0.1) is 5.82 Å². The van der Waals surface area contributed by atoms with Crippen LogP contribution in [0.2, 0.25) is 0 Å².